The molecule has 0 bridgehead atoms. The van der Waals surface area contributed by atoms with Crippen LogP contribution >= 0.6 is 0 Å². The molecular formula is C18H20F2N6. The number of anilines is 1. The van der Waals surface area contributed by atoms with Gasteiger partial charge in [-0.2, -0.15) is 5.10 Å². The van der Waals surface area contributed by atoms with Crippen LogP contribution in [-0.4, -0.2) is 44.7 Å². The van der Waals surface area contributed by atoms with Crippen LogP contribution in [0.1, 0.15) is 24.8 Å². The maximum absolute atomic E-state index is 15.3. The third kappa shape index (κ3) is 2.90. The first-order valence-corrected chi connectivity index (χ1v) is 8.64. The van der Waals surface area contributed by atoms with Crippen molar-refractivity contribution in [2.75, 3.05) is 11.9 Å². The van der Waals surface area contributed by atoms with Gasteiger partial charge in [-0.25, -0.2) is 18.7 Å². The Morgan fingerprint density at radius 2 is 2.04 bits per heavy atom. The quantitative estimate of drug-likeness (QED) is 0.668. The van der Waals surface area contributed by atoms with E-state index >= 15 is 8.78 Å². The molecule has 1 saturated heterocycles. The summed E-state index contributed by atoms with van der Waals surface area (Å²) >= 11 is 0. The van der Waals surface area contributed by atoms with E-state index in [9.17, 15) is 0 Å². The van der Waals surface area contributed by atoms with Crippen molar-refractivity contribution in [2.45, 2.75) is 37.3 Å². The average molecular weight is 358 g/mol. The van der Waals surface area contributed by atoms with E-state index in [0.29, 0.717) is 29.8 Å². The van der Waals surface area contributed by atoms with Crippen LogP contribution in [0.3, 0.4) is 0 Å². The van der Waals surface area contributed by atoms with E-state index in [2.05, 4.69) is 30.8 Å². The summed E-state index contributed by atoms with van der Waals surface area (Å²) in [4.78, 5) is 8.18. The number of H-pyrrole nitrogens is 1. The van der Waals surface area contributed by atoms with Crippen molar-refractivity contribution in [3.63, 3.8) is 0 Å². The second kappa shape index (κ2) is 6.60. The molecule has 6 nitrogen and oxygen atoms in total. The molecule has 4 rings (SSSR count). The zero-order valence-corrected chi connectivity index (χ0v) is 14.3. The van der Waals surface area contributed by atoms with E-state index in [4.69, 9.17) is 0 Å². The predicted octanol–water partition coefficient (Wildman–Crippen LogP) is 2.93. The summed E-state index contributed by atoms with van der Waals surface area (Å²) in [6, 6.07) is 7.43. The molecule has 136 valence electrons. The van der Waals surface area contributed by atoms with Crippen molar-refractivity contribution in [1.82, 2.24) is 25.5 Å². The first-order chi connectivity index (χ1) is 12.6. The fourth-order valence-electron chi connectivity index (χ4n) is 3.60. The van der Waals surface area contributed by atoms with Crippen molar-refractivity contribution in [3.8, 4) is 0 Å². The van der Waals surface area contributed by atoms with Crippen LogP contribution in [-0.2, 0) is 0 Å². The summed E-state index contributed by atoms with van der Waals surface area (Å²) in [6.45, 7) is 2.34. The highest BCUT2D eigenvalue weighted by Gasteiger charge is 2.51. The van der Waals surface area contributed by atoms with Gasteiger partial charge in [0, 0.05) is 5.92 Å². The van der Waals surface area contributed by atoms with Gasteiger partial charge in [0.15, 0.2) is 5.65 Å². The molecule has 1 aromatic carbocycles. The fraction of sp³-hybridized carbons (Fsp3) is 0.389. The lowest BCUT2D eigenvalue weighted by Gasteiger charge is -2.42. The number of hydrogen-bond acceptors (Lipinski definition) is 5. The molecule has 3 unspecified atom stereocenters. The Labute approximate surface area is 149 Å². The Balaban J connectivity index is 1.60. The Bertz CT molecular complexity index is 882. The van der Waals surface area contributed by atoms with Crippen molar-refractivity contribution in [1.29, 1.82) is 0 Å². The predicted molar refractivity (Wildman–Crippen MR) is 95.3 cm³/mol. The first kappa shape index (κ1) is 16.8. The molecule has 1 aliphatic heterocycles. The number of benzene rings is 1. The van der Waals surface area contributed by atoms with Gasteiger partial charge in [0.25, 0.3) is 5.92 Å². The average Bonchev–Trinajstić information content (AvgIpc) is 3.13. The lowest BCUT2D eigenvalue weighted by molar-refractivity contribution is -0.0769. The first-order valence-electron chi connectivity index (χ1n) is 8.64. The SMILES string of the molecule is CC(c1ccccc1)C1NCCC(Nc2ncnc3[nH]ncc23)C1(F)F. The minimum Gasteiger partial charge on any atom is -0.360 e. The van der Waals surface area contributed by atoms with E-state index in [1.807, 2.05) is 37.3 Å². The van der Waals surface area contributed by atoms with Gasteiger partial charge < -0.3 is 10.6 Å². The lowest BCUT2D eigenvalue weighted by Crippen LogP contribution is -2.61. The van der Waals surface area contributed by atoms with Crippen molar-refractivity contribution < 1.29 is 8.78 Å². The van der Waals surface area contributed by atoms with Gasteiger partial charge in [-0.15, -0.1) is 0 Å². The molecular weight excluding hydrogens is 338 g/mol. The molecule has 3 N–H and O–H groups in total. The second-order valence-corrected chi connectivity index (χ2v) is 6.65. The monoisotopic (exact) mass is 358 g/mol. The van der Waals surface area contributed by atoms with E-state index in [0.717, 1.165) is 5.56 Å². The highest BCUT2D eigenvalue weighted by atomic mass is 19.3. The number of nitrogens with one attached hydrogen (secondary N) is 3. The molecule has 0 radical (unpaired) electrons. The smallest absolute Gasteiger partial charge is 0.283 e. The molecule has 3 aromatic rings. The third-order valence-corrected chi connectivity index (χ3v) is 5.06. The Morgan fingerprint density at radius 1 is 1.23 bits per heavy atom. The number of aromatic amines is 1. The number of nitrogens with zero attached hydrogens (tertiary/aromatic N) is 3. The van der Waals surface area contributed by atoms with Gasteiger partial charge in [-0.05, 0) is 18.5 Å². The fourth-order valence-corrected chi connectivity index (χ4v) is 3.60. The zero-order valence-electron chi connectivity index (χ0n) is 14.3. The third-order valence-electron chi connectivity index (χ3n) is 5.06. The van der Waals surface area contributed by atoms with Gasteiger partial charge in [-0.1, -0.05) is 37.3 Å². The Morgan fingerprint density at radius 3 is 2.85 bits per heavy atom. The highest BCUT2D eigenvalue weighted by Crippen LogP contribution is 2.38. The minimum atomic E-state index is -2.95. The summed E-state index contributed by atoms with van der Waals surface area (Å²) in [6.07, 6.45) is 3.18. The lowest BCUT2D eigenvalue weighted by atomic mass is 9.83. The number of piperidine rings is 1. The van der Waals surface area contributed by atoms with Gasteiger partial charge in [0.05, 0.1) is 23.7 Å². The molecule has 3 atom stereocenters. The summed E-state index contributed by atoms with van der Waals surface area (Å²) in [7, 11) is 0. The van der Waals surface area contributed by atoms with Crippen LogP contribution in [0.15, 0.2) is 42.9 Å². The van der Waals surface area contributed by atoms with Crippen molar-refractivity contribution in [2.24, 2.45) is 0 Å². The largest absolute Gasteiger partial charge is 0.360 e. The normalized spacial score (nSPS) is 23.7. The topological polar surface area (TPSA) is 78.5 Å². The van der Waals surface area contributed by atoms with Crippen LogP contribution in [0.4, 0.5) is 14.6 Å². The molecule has 0 amide bonds. The standard InChI is InChI=1S/C18H20F2N6/c1-11(12-5-3-2-4-6-12)15-18(19,20)14(7-8-21-15)25-16-13-9-24-26-17(13)23-10-22-16/h2-6,9-11,14-15,21H,7-8H2,1H3,(H2,22,23,24,25,26). The second-order valence-electron chi connectivity index (χ2n) is 6.65. The minimum absolute atomic E-state index is 0.300. The maximum atomic E-state index is 15.3. The molecule has 1 aliphatic rings. The molecule has 0 aliphatic carbocycles. The van der Waals surface area contributed by atoms with Crippen LogP contribution in [0, 0.1) is 0 Å². The maximum Gasteiger partial charge on any atom is 0.283 e. The van der Waals surface area contributed by atoms with Gasteiger partial charge in [0.1, 0.15) is 12.1 Å². The summed E-state index contributed by atoms with van der Waals surface area (Å²) < 4.78 is 30.6. The number of alkyl halides is 2. The van der Waals surface area contributed by atoms with E-state index < -0.39 is 18.0 Å². The van der Waals surface area contributed by atoms with E-state index in [1.165, 1.54) is 6.33 Å². The summed E-state index contributed by atoms with van der Waals surface area (Å²) in [5, 5.41) is 13.2. The van der Waals surface area contributed by atoms with Crippen LogP contribution in [0.5, 0.6) is 0 Å². The van der Waals surface area contributed by atoms with Crippen molar-refractivity contribution >= 4 is 16.9 Å². The van der Waals surface area contributed by atoms with Crippen LogP contribution in [0.2, 0.25) is 0 Å². The number of rotatable bonds is 4. The van der Waals surface area contributed by atoms with E-state index in [-0.39, 0.29) is 5.92 Å². The van der Waals surface area contributed by atoms with Crippen LogP contribution < -0.4 is 10.6 Å². The number of fused-ring (bicyclic) bond motifs is 1. The molecule has 2 aromatic heterocycles. The summed E-state index contributed by atoms with van der Waals surface area (Å²) in [5.41, 5.74) is 1.42. The number of hydrogen-bond donors (Lipinski definition) is 3. The highest BCUT2D eigenvalue weighted by molar-refractivity contribution is 5.85. The summed E-state index contributed by atoms with van der Waals surface area (Å²) in [5.74, 6) is -2.90. The molecule has 26 heavy (non-hydrogen) atoms. The number of aromatic nitrogens is 4. The van der Waals surface area contributed by atoms with Gasteiger partial charge in [-0.3, -0.25) is 5.10 Å². The van der Waals surface area contributed by atoms with Crippen LogP contribution in [0.25, 0.3) is 11.0 Å². The molecule has 3 heterocycles. The molecule has 8 heteroatoms. The molecule has 1 fully saturated rings. The van der Waals surface area contributed by atoms with Gasteiger partial charge >= 0.3 is 0 Å². The number of halogens is 2. The molecule has 0 spiro atoms. The molecule has 0 saturated carbocycles. The Kier molecular flexibility index (Phi) is 4.28. The Hall–Kier alpha value is -2.61. The van der Waals surface area contributed by atoms with E-state index in [1.54, 1.807) is 6.20 Å². The van der Waals surface area contributed by atoms with Crippen molar-refractivity contribution in [3.05, 3.63) is 48.4 Å². The van der Waals surface area contributed by atoms with Gasteiger partial charge in [0.2, 0.25) is 0 Å². The zero-order chi connectivity index (χ0) is 18.1.